The van der Waals surface area contributed by atoms with Crippen molar-refractivity contribution in [1.29, 1.82) is 0 Å². The van der Waals surface area contributed by atoms with E-state index in [-0.39, 0.29) is 6.04 Å². The third kappa shape index (κ3) is 3.59. The quantitative estimate of drug-likeness (QED) is 0.887. The molecule has 0 aromatic heterocycles. The largest absolute Gasteiger partial charge is 0.366 e. The molecule has 2 aromatic carbocycles. The Labute approximate surface area is 123 Å². The van der Waals surface area contributed by atoms with E-state index in [9.17, 15) is 4.79 Å². The van der Waals surface area contributed by atoms with Crippen molar-refractivity contribution in [2.45, 2.75) is 19.5 Å². The summed E-state index contributed by atoms with van der Waals surface area (Å²) in [5.74, 6) is -0.468. The number of amides is 1. The third-order valence-electron chi connectivity index (χ3n) is 3.24. The van der Waals surface area contributed by atoms with E-state index in [2.05, 4.69) is 24.4 Å². The molecule has 104 valence electrons. The highest BCUT2D eigenvalue weighted by molar-refractivity contribution is 6.31. The third-order valence-corrected chi connectivity index (χ3v) is 3.59. The van der Waals surface area contributed by atoms with Gasteiger partial charge in [-0.3, -0.25) is 4.79 Å². The molecule has 3 N–H and O–H groups in total. The number of carbonyl (C=O) groups excluding carboxylic acids is 1. The Bertz CT molecular complexity index is 599. The highest BCUT2D eigenvalue weighted by Crippen LogP contribution is 2.19. The Morgan fingerprint density at radius 2 is 1.95 bits per heavy atom. The van der Waals surface area contributed by atoms with Crippen LogP contribution in [0.2, 0.25) is 5.02 Å². The average molecular weight is 289 g/mol. The van der Waals surface area contributed by atoms with Crippen LogP contribution in [0.4, 0.5) is 0 Å². The molecule has 0 aliphatic heterocycles. The number of nitrogens with two attached hydrogens (primary N) is 1. The summed E-state index contributed by atoms with van der Waals surface area (Å²) < 4.78 is 0. The summed E-state index contributed by atoms with van der Waals surface area (Å²) in [6.07, 6.45) is 0. The van der Waals surface area contributed by atoms with E-state index < -0.39 is 5.91 Å². The van der Waals surface area contributed by atoms with Gasteiger partial charge in [-0.15, -0.1) is 0 Å². The van der Waals surface area contributed by atoms with Gasteiger partial charge in [0.1, 0.15) is 0 Å². The van der Waals surface area contributed by atoms with Crippen molar-refractivity contribution in [3.63, 3.8) is 0 Å². The molecule has 0 spiro atoms. The summed E-state index contributed by atoms with van der Waals surface area (Å²) in [7, 11) is 0. The van der Waals surface area contributed by atoms with Crippen LogP contribution in [0.5, 0.6) is 0 Å². The molecule has 3 nitrogen and oxygen atoms in total. The minimum absolute atomic E-state index is 0.225. The Morgan fingerprint density at radius 3 is 2.55 bits per heavy atom. The van der Waals surface area contributed by atoms with Crippen LogP contribution in [0.3, 0.4) is 0 Å². The summed E-state index contributed by atoms with van der Waals surface area (Å²) in [4.78, 5) is 11.1. The van der Waals surface area contributed by atoms with Crippen LogP contribution in [-0.2, 0) is 6.54 Å². The first kappa shape index (κ1) is 14.6. The number of carbonyl (C=O) groups is 1. The molecule has 0 unspecified atom stereocenters. The summed E-state index contributed by atoms with van der Waals surface area (Å²) >= 11 is 6.16. The molecule has 1 amide bonds. The molecule has 0 bridgehead atoms. The van der Waals surface area contributed by atoms with E-state index in [4.69, 9.17) is 17.3 Å². The lowest BCUT2D eigenvalue weighted by Crippen LogP contribution is -2.18. The van der Waals surface area contributed by atoms with E-state index in [1.54, 1.807) is 12.1 Å². The maximum atomic E-state index is 11.1. The van der Waals surface area contributed by atoms with Gasteiger partial charge in [-0.2, -0.15) is 0 Å². The zero-order valence-corrected chi connectivity index (χ0v) is 12.0. The highest BCUT2D eigenvalue weighted by atomic mass is 35.5. The lowest BCUT2D eigenvalue weighted by atomic mass is 10.1. The van der Waals surface area contributed by atoms with Gasteiger partial charge in [0.05, 0.1) is 0 Å². The molecule has 0 saturated heterocycles. The lowest BCUT2D eigenvalue weighted by Gasteiger charge is -2.15. The van der Waals surface area contributed by atoms with Crippen LogP contribution in [-0.4, -0.2) is 5.91 Å². The number of nitrogens with one attached hydrogen (secondary N) is 1. The van der Waals surface area contributed by atoms with E-state index in [1.165, 1.54) is 5.56 Å². The second-order valence-corrected chi connectivity index (χ2v) is 5.09. The van der Waals surface area contributed by atoms with Crippen LogP contribution >= 0.6 is 11.6 Å². The monoisotopic (exact) mass is 288 g/mol. The van der Waals surface area contributed by atoms with E-state index in [1.807, 2.05) is 24.3 Å². The van der Waals surface area contributed by atoms with Crippen molar-refractivity contribution in [1.82, 2.24) is 5.32 Å². The molecule has 2 aromatic rings. The van der Waals surface area contributed by atoms with Crippen molar-refractivity contribution < 1.29 is 4.79 Å². The number of halogens is 1. The van der Waals surface area contributed by atoms with E-state index in [0.717, 1.165) is 5.56 Å². The fourth-order valence-electron chi connectivity index (χ4n) is 1.97. The maximum Gasteiger partial charge on any atom is 0.248 e. The van der Waals surface area contributed by atoms with Gasteiger partial charge in [-0.1, -0.05) is 48.0 Å². The normalized spacial score (nSPS) is 12.1. The van der Waals surface area contributed by atoms with Gasteiger partial charge in [0.25, 0.3) is 0 Å². The lowest BCUT2D eigenvalue weighted by molar-refractivity contribution is 0.100. The van der Waals surface area contributed by atoms with Crippen molar-refractivity contribution in [3.8, 4) is 0 Å². The molecular formula is C16H17ClN2O. The Kier molecular flexibility index (Phi) is 4.77. The first-order chi connectivity index (χ1) is 9.58. The number of benzene rings is 2. The first-order valence-electron chi connectivity index (χ1n) is 6.44. The molecule has 4 heteroatoms. The van der Waals surface area contributed by atoms with Crippen molar-refractivity contribution in [3.05, 3.63) is 70.2 Å². The fraction of sp³-hybridized carbons (Fsp3) is 0.188. The molecule has 0 fully saturated rings. The smallest absolute Gasteiger partial charge is 0.248 e. The van der Waals surface area contributed by atoms with E-state index in [0.29, 0.717) is 17.1 Å². The van der Waals surface area contributed by atoms with Crippen LogP contribution in [0.1, 0.15) is 34.5 Å². The molecule has 0 heterocycles. The van der Waals surface area contributed by atoms with Gasteiger partial charge in [0.2, 0.25) is 5.91 Å². The van der Waals surface area contributed by atoms with Gasteiger partial charge in [0, 0.05) is 23.2 Å². The van der Waals surface area contributed by atoms with Crippen LogP contribution in [0.15, 0.2) is 48.5 Å². The van der Waals surface area contributed by atoms with Crippen molar-refractivity contribution >= 4 is 17.5 Å². The Hall–Kier alpha value is -1.84. The molecule has 0 aliphatic carbocycles. The molecule has 0 aliphatic rings. The molecule has 0 radical (unpaired) electrons. The summed E-state index contributed by atoms with van der Waals surface area (Å²) in [5.41, 5.74) is 7.81. The number of primary amides is 1. The average Bonchev–Trinajstić information content (AvgIpc) is 2.46. The van der Waals surface area contributed by atoms with Gasteiger partial charge >= 0.3 is 0 Å². The van der Waals surface area contributed by atoms with E-state index >= 15 is 0 Å². The van der Waals surface area contributed by atoms with Crippen LogP contribution in [0.25, 0.3) is 0 Å². The van der Waals surface area contributed by atoms with Crippen molar-refractivity contribution in [2.24, 2.45) is 5.73 Å². The maximum absolute atomic E-state index is 11.1. The predicted octanol–water partition coefficient (Wildman–Crippen LogP) is 3.29. The summed E-state index contributed by atoms with van der Waals surface area (Å²) in [6.45, 7) is 2.73. The minimum Gasteiger partial charge on any atom is -0.366 e. The van der Waals surface area contributed by atoms with Gasteiger partial charge in [-0.05, 0) is 30.2 Å². The zero-order chi connectivity index (χ0) is 14.5. The number of hydrogen-bond acceptors (Lipinski definition) is 2. The van der Waals surface area contributed by atoms with Gasteiger partial charge in [-0.25, -0.2) is 0 Å². The Balaban J connectivity index is 2.02. The Morgan fingerprint density at radius 1 is 1.25 bits per heavy atom. The molecule has 0 saturated carbocycles. The minimum atomic E-state index is -0.468. The standard InChI is InChI=1S/C16H17ClN2O/c1-11(12-5-3-2-4-6-12)19-10-14-8-7-13(16(18)20)9-15(14)17/h2-9,11,19H,10H2,1H3,(H2,18,20)/t11-/m0/s1. The molecular weight excluding hydrogens is 272 g/mol. The summed E-state index contributed by atoms with van der Waals surface area (Å²) in [6, 6.07) is 15.5. The fourth-order valence-corrected chi connectivity index (χ4v) is 2.21. The highest BCUT2D eigenvalue weighted by Gasteiger charge is 2.08. The van der Waals surface area contributed by atoms with Gasteiger partial charge < -0.3 is 11.1 Å². The first-order valence-corrected chi connectivity index (χ1v) is 6.82. The number of rotatable bonds is 5. The van der Waals surface area contributed by atoms with Gasteiger partial charge in [0.15, 0.2) is 0 Å². The molecule has 1 atom stereocenters. The summed E-state index contributed by atoms with van der Waals surface area (Å²) in [5, 5.41) is 3.95. The molecule has 2 rings (SSSR count). The molecule has 20 heavy (non-hydrogen) atoms. The predicted molar refractivity (Wildman–Crippen MR) is 81.7 cm³/mol. The topological polar surface area (TPSA) is 55.1 Å². The van der Waals surface area contributed by atoms with Crippen molar-refractivity contribution in [2.75, 3.05) is 0 Å². The van der Waals surface area contributed by atoms with Crippen LogP contribution in [0, 0.1) is 0 Å². The second-order valence-electron chi connectivity index (χ2n) is 4.68. The second kappa shape index (κ2) is 6.55. The SMILES string of the molecule is C[C@H](NCc1ccc(C(N)=O)cc1Cl)c1ccccc1. The zero-order valence-electron chi connectivity index (χ0n) is 11.3. The number of hydrogen-bond donors (Lipinski definition) is 2. The van der Waals surface area contributed by atoms with Crippen LogP contribution < -0.4 is 11.1 Å².